The van der Waals surface area contributed by atoms with Gasteiger partial charge >= 0.3 is 0 Å². The second-order valence-electron chi connectivity index (χ2n) is 8.37. The second kappa shape index (κ2) is 11.6. The Morgan fingerprint density at radius 3 is 1.62 bits per heavy atom. The van der Waals surface area contributed by atoms with Gasteiger partial charge in [0.05, 0.1) is 19.8 Å². The largest absolute Gasteiger partial charge is 0.394 e. The number of aliphatic hydroxyl groups is 11. The number of aliphatic hydroxyl groups excluding tert-OH is 11. The molecule has 0 aromatic rings. The zero-order valence-corrected chi connectivity index (χ0v) is 17.7. The molecule has 0 aliphatic carbocycles. The zero-order chi connectivity index (χ0) is 25.3. The van der Waals surface area contributed by atoms with Gasteiger partial charge in [0.25, 0.3) is 0 Å². The summed E-state index contributed by atoms with van der Waals surface area (Å²) in [6, 6.07) is 0. The average molecular weight is 504 g/mol. The van der Waals surface area contributed by atoms with Crippen LogP contribution in [0.25, 0.3) is 0 Å². The van der Waals surface area contributed by atoms with Gasteiger partial charge in [-0.3, -0.25) is 0 Å². The van der Waals surface area contributed by atoms with Gasteiger partial charge in [-0.05, 0) is 0 Å². The molecule has 3 aliphatic rings. The molecule has 1 unspecified atom stereocenters. The highest BCUT2D eigenvalue weighted by atomic mass is 16.7. The van der Waals surface area contributed by atoms with Gasteiger partial charge in [-0.1, -0.05) is 0 Å². The van der Waals surface area contributed by atoms with Gasteiger partial charge in [0.15, 0.2) is 18.9 Å². The van der Waals surface area contributed by atoms with Gasteiger partial charge in [0.2, 0.25) is 0 Å². The first-order valence-corrected chi connectivity index (χ1v) is 10.6. The quantitative estimate of drug-likeness (QED) is 0.154. The van der Waals surface area contributed by atoms with E-state index in [1.807, 2.05) is 0 Å². The second-order valence-corrected chi connectivity index (χ2v) is 8.37. The van der Waals surface area contributed by atoms with E-state index >= 15 is 0 Å². The van der Waals surface area contributed by atoms with E-state index in [4.69, 9.17) is 23.7 Å². The molecule has 0 amide bonds. The van der Waals surface area contributed by atoms with E-state index in [1.54, 1.807) is 0 Å². The minimum Gasteiger partial charge on any atom is -0.394 e. The molecule has 15 atom stereocenters. The van der Waals surface area contributed by atoms with Gasteiger partial charge in [-0.25, -0.2) is 0 Å². The molecule has 3 heterocycles. The molecule has 11 N–H and O–H groups in total. The first-order chi connectivity index (χ1) is 16.0. The third-order valence-corrected chi connectivity index (χ3v) is 6.07. The average Bonchev–Trinajstić information content (AvgIpc) is 2.82. The fourth-order valence-electron chi connectivity index (χ4n) is 3.95. The first kappa shape index (κ1) is 27.9. The molecule has 16 heteroatoms. The van der Waals surface area contributed by atoms with Crippen LogP contribution in [0.1, 0.15) is 0 Å². The summed E-state index contributed by atoms with van der Waals surface area (Å²) in [5.41, 5.74) is 0. The van der Waals surface area contributed by atoms with Crippen molar-refractivity contribution in [2.24, 2.45) is 0 Å². The predicted molar refractivity (Wildman–Crippen MR) is 101 cm³/mol. The van der Waals surface area contributed by atoms with Crippen molar-refractivity contribution < 1.29 is 79.9 Å². The van der Waals surface area contributed by atoms with Crippen LogP contribution in [0.15, 0.2) is 0 Å². The monoisotopic (exact) mass is 504 g/mol. The number of hydrogen-bond donors (Lipinski definition) is 11. The summed E-state index contributed by atoms with van der Waals surface area (Å²) in [4.78, 5) is 0. The topological polar surface area (TPSA) is 269 Å². The molecule has 0 radical (unpaired) electrons. The predicted octanol–water partition coefficient (Wildman–Crippen LogP) is -7.57. The van der Waals surface area contributed by atoms with Crippen LogP contribution in [-0.4, -0.2) is 168 Å². The summed E-state index contributed by atoms with van der Waals surface area (Å²) in [5.74, 6) is 0. The minimum absolute atomic E-state index is 0.609. The molecular weight excluding hydrogens is 472 g/mol. The van der Waals surface area contributed by atoms with E-state index in [0.717, 1.165) is 0 Å². The van der Waals surface area contributed by atoms with Gasteiger partial charge < -0.3 is 79.9 Å². The van der Waals surface area contributed by atoms with Crippen molar-refractivity contribution in [3.63, 3.8) is 0 Å². The maximum absolute atomic E-state index is 10.3. The molecular formula is C18H32O16. The van der Waals surface area contributed by atoms with Crippen LogP contribution >= 0.6 is 0 Å². The van der Waals surface area contributed by atoms with E-state index in [0.29, 0.717) is 0 Å². The van der Waals surface area contributed by atoms with Gasteiger partial charge in [0.1, 0.15) is 73.2 Å². The first-order valence-electron chi connectivity index (χ1n) is 10.6. The smallest absolute Gasteiger partial charge is 0.187 e. The van der Waals surface area contributed by atoms with Crippen LogP contribution < -0.4 is 0 Å². The summed E-state index contributed by atoms with van der Waals surface area (Å²) in [6.07, 6.45) is -24.9. The maximum Gasteiger partial charge on any atom is 0.187 e. The number of ether oxygens (including phenoxy) is 5. The molecule has 0 spiro atoms. The lowest BCUT2D eigenvalue weighted by Crippen LogP contribution is -2.65. The lowest BCUT2D eigenvalue weighted by Gasteiger charge is -2.45. The van der Waals surface area contributed by atoms with Crippen LogP contribution in [-0.2, 0) is 23.7 Å². The molecule has 0 saturated carbocycles. The highest BCUT2D eigenvalue weighted by Crippen LogP contribution is 2.29. The van der Waals surface area contributed by atoms with Crippen molar-refractivity contribution in [2.45, 2.75) is 92.1 Å². The SMILES string of the molecule is OC[C@H]1O[C@@H](OC[C@H]2O[C@H](O[C@H]3[C@H](O)[C@@H](O)C(O)O[C@@H]3CO)[C@H](O)[C@@H](O)[C@@H]2O)[C@H](O)[C@@H](O)[C@@H]1O. The maximum atomic E-state index is 10.3. The zero-order valence-electron chi connectivity index (χ0n) is 17.7. The van der Waals surface area contributed by atoms with Crippen LogP contribution in [0.3, 0.4) is 0 Å². The Morgan fingerprint density at radius 1 is 0.500 bits per heavy atom. The Hall–Kier alpha value is -0.640. The highest BCUT2D eigenvalue weighted by Gasteiger charge is 2.51. The molecule has 0 aromatic carbocycles. The van der Waals surface area contributed by atoms with Gasteiger partial charge in [0, 0.05) is 0 Å². The number of rotatable bonds is 7. The molecule has 16 nitrogen and oxygen atoms in total. The van der Waals surface area contributed by atoms with Crippen molar-refractivity contribution in [3.05, 3.63) is 0 Å². The minimum atomic E-state index is -1.87. The van der Waals surface area contributed by atoms with E-state index < -0.39 is 112 Å². The third-order valence-electron chi connectivity index (χ3n) is 6.07. The Kier molecular flexibility index (Phi) is 9.54. The molecule has 3 fully saturated rings. The summed E-state index contributed by atoms with van der Waals surface area (Å²) in [7, 11) is 0. The van der Waals surface area contributed by atoms with E-state index in [2.05, 4.69) is 0 Å². The van der Waals surface area contributed by atoms with Crippen LogP contribution in [0.4, 0.5) is 0 Å². The summed E-state index contributed by atoms with van der Waals surface area (Å²) in [6.45, 7) is -2.07. The van der Waals surface area contributed by atoms with E-state index in [9.17, 15) is 56.2 Å². The Morgan fingerprint density at radius 2 is 1.03 bits per heavy atom. The van der Waals surface area contributed by atoms with Crippen molar-refractivity contribution in [3.8, 4) is 0 Å². The standard InChI is InChI=1S/C18H32O16/c19-1-4-7(21)9(23)13(27)17(32-4)30-3-6-8(22)10(24)14(28)18(33-6)34-15-5(2-20)31-16(29)12(26)11(15)25/h4-29H,1-3H2/t4-,5-,6-,7-,8-,9+,10+,11-,12-,13-,14-,15-,16?,17-,18-/m1/s1. The molecule has 34 heavy (non-hydrogen) atoms. The third kappa shape index (κ3) is 5.52. The fraction of sp³-hybridized carbons (Fsp3) is 1.00. The summed E-state index contributed by atoms with van der Waals surface area (Å²) >= 11 is 0. The molecule has 3 rings (SSSR count). The molecule has 3 saturated heterocycles. The normalized spacial score (nSPS) is 52.5. The molecule has 3 aliphatic heterocycles. The summed E-state index contributed by atoms with van der Waals surface area (Å²) < 4.78 is 26.3. The highest BCUT2D eigenvalue weighted by molar-refractivity contribution is 4.94. The van der Waals surface area contributed by atoms with Crippen LogP contribution in [0, 0.1) is 0 Å². The molecule has 0 aromatic heterocycles. The van der Waals surface area contributed by atoms with Crippen molar-refractivity contribution in [1.82, 2.24) is 0 Å². The van der Waals surface area contributed by atoms with Crippen LogP contribution in [0.5, 0.6) is 0 Å². The van der Waals surface area contributed by atoms with Gasteiger partial charge in [-0.2, -0.15) is 0 Å². The summed E-state index contributed by atoms with van der Waals surface area (Å²) in [5, 5.41) is 109. The molecule has 200 valence electrons. The Labute approximate surface area is 192 Å². The lowest BCUT2D eigenvalue weighted by atomic mass is 9.97. The van der Waals surface area contributed by atoms with Crippen molar-refractivity contribution in [1.29, 1.82) is 0 Å². The van der Waals surface area contributed by atoms with Crippen molar-refractivity contribution >= 4 is 0 Å². The Balaban J connectivity index is 1.66. The van der Waals surface area contributed by atoms with Crippen molar-refractivity contribution in [2.75, 3.05) is 19.8 Å². The fourth-order valence-corrected chi connectivity index (χ4v) is 3.95. The van der Waals surface area contributed by atoms with Crippen LogP contribution in [0.2, 0.25) is 0 Å². The molecule has 0 bridgehead atoms. The van der Waals surface area contributed by atoms with E-state index in [-0.39, 0.29) is 0 Å². The van der Waals surface area contributed by atoms with Gasteiger partial charge in [-0.15, -0.1) is 0 Å². The van der Waals surface area contributed by atoms with E-state index in [1.165, 1.54) is 0 Å². The Bertz CT molecular complexity index is 637. The lowest BCUT2D eigenvalue weighted by molar-refractivity contribution is -0.362. The number of hydrogen-bond acceptors (Lipinski definition) is 16.